The number of nitrogens with zero attached hydrogens (tertiary/aromatic N) is 3. The number of rotatable bonds is 4. The van der Waals surface area contributed by atoms with Crippen LogP contribution in [0.5, 0.6) is 0 Å². The Labute approximate surface area is 191 Å². The number of carbonyl (C=O) groups is 2. The molecule has 0 saturated carbocycles. The molecule has 2 aromatic rings. The number of aromatic nitrogens is 1. The highest BCUT2D eigenvalue weighted by Gasteiger charge is 2.29. The number of hydrogen-bond donors (Lipinski definition) is 0. The lowest BCUT2D eigenvalue weighted by Gasteiger charge is -2.33. The van der Waals surface area contributed by atoms with Gasteiger partial charge in [-0.2, -0.15) is 0 Å². The van der Waals surface area contributed by atoms with Gasteiger partial charge < -0.3 is 14.4 Å². The number of aryl methyl sites for hydroxylation is 1. The first-order valence-electron chi connectivity index (χ1n) is 12.0. The first-order chi connectivity index (χ1) is 15.5. The van der Waals surface area contributed by atoms with E-state index in [9.17, 15) is 9.59 Å². The van der Waals surface area contributed by atoms with E-state index in [4.69, 9.17) is 0 Å². The summed E-state index contributed by atoms with van der Waals surface area (Å²) in [5, 5.41) is 0. The lowest BCUT2D eigenvalue weighted by molar-refractivity contribution is -0.139. The maximum absolute atomic E-state index is 12.9. The van der Waals surface area contributed by atoms with E-state index in [1.165, 1.54) is 12.8 Å². The summed E-state index contributed by atoms with van der Waals surface area (Å²) in [6, 6.07) is 12.4. The Morgan fingerprint density at radius 3 is 2.19 bits per heavy atom. The van der Waals surface area contributed by atoms with Gasteiger partial charge in [0.25, 0.3) is 0 Å². The first kappa shape index (κ1) is 22.4. The quantitative estimate of drug-likeness (QED) is 0.654. The molecule has 170 valence electrons. The molecule has 2 aliphatic heterocycles. The SMILES string of the molecule is Cc1cc(C=CC(=O)N2CCC(C(=O)N3CCCCCC3)CC2)c(C)n1-c1ccccc1. The van der Waals surface area contributed by atoms with E-state index < -0.39 is 0 Å². The van der Waals surface area contributed by atoms with Crippen molar-refractivity contribution >= 4 is 17.9 Å². The summed E-state index contributed by atoms with van der Waals surface area (Å²) < 4.78 is 2.21. The molecule has 4 rings (SSSR count). The van der Waals surface area contributed by atoms with Gasteiger partial charge in [0.2, 0.25) is 11.8 Å². The van der Waals surface area contributed by atoms with Gasteiger partial charge >= 0.3 is 0 Å². The lowest BCUT2D eigenvalue weighted by Crippen LogP contribution is -2.44. The Morgan fingerprint density at radius 2 is 1.53 bits per heavy atom. The summed E-state index contributed by atoms with van der Waals surface area (Å²) in [5.41, 5.74) is 4.46. The van der Waals surface area contributed by atoms with E-state index in [0.717, 1.165) is 61.4 Å². The average Bonchev–Trinajstić information content (AvgIpc) is 2.99. The zero-order valence-electron chi connectivity index (χ0n) is 19.4. The second-order valence-corrected chi connectivity index (χ2v) is 9.17. The van der Waals surface area contributed by atoms with Crippen LogP contribution in [0.2, 0.25) is 0 Å². The van der Waals surface area contributed by atoms with Crippen LogP contribution < -0.4 is 0 Å². The Kier molecular flexibility index (Phi) is 7.13. The molecule has 32 heavy (non-hydrogen) atoms. The monoisotopic (exact) mass is 433 g/mol. The Hall–Kier alpha value is -2.82. The van der Waals surface area contributed by atoms with Crippen molar-refractivity contribution in [3.63, 3.8) is 0 Å². The van der Waals surface area contributed by atoms with Gasteiger partial charge in [0, 0.05) is 55.2 Å². The van der Waals surface area contributed by atoms with Crippen molar-refractivity contribution in [1.82, 2.24) is 14.4 Å². The minimum absolute atomic E-state index is 0.0372. The molecule has 2 amide bonds. The first-order valence-corrected chi connectivity index (χ1v) is 12.0. The number of para-hydroxylation sites is 1. The summed E-state index contributed by atoms with van der Waals surface area (Å²) in [5.74, 6) is 0.420. The van der Waals surface area contributed by atoms with Crippen LogP contribution in [-0.2, 0) is 9.59 Å². The molecule has 1 aromatic heterocycles. The molecule has 1 aromatic carbocycles. The predicted octanol–water partition coefficient (Wildman–Crippen LogP) is 4.75. The standard InChI is InChI=1S/C27H35N3O2/c1-21-20-24(22(2)30(21)25-10-6-5-7-11-25)12-13-26(31)28-18-14-23(15-19-28)27(32)29-16-8-3-4-9-17-29/h5-7,10-13,20,23H,3-4,8-9,14-19H2,1-2H3. The highest BCUT2D eigenvalue weighted by molar-refractivity contribution is 5.92. The van der Waals surface area contributed by atoms with E-state index in [-0.39, 0.29) is 11.8 Å². The van der Waals surface area contributed by atoms with Crippen LogP contribution in [-0.4, -0.2) is 52.4 Å². The molecule has 2 fully saturated rings. The van der Waals surface area contributed by atoms with Crippen molar-refractivity contribution in [3.05, 3.63) is 59.4 Å². The molecule has 0 N–H and O–H groups in total. The summed E-state index contributed by atoms with van der Waals surface area (Å²) in [6.45, 7) is 7.31. The van der Waals surface area contributed by atoms with Crippen molar-refractivity contribution in [2.24, 2.45) is 5.92 Å². The zero-order chi connectivity index (χ0) is 22.5. The normalized spacial score (nSPS) is 18.2. The minimum atomic E-state index is 0.0372. The Balaban J connectivity index is 1.35. The number of likely N-dealkylation sites (tertiary alicyclic amines) is 2. The zero-order valence-corrected chi connectivity index (χ0v) is 19.4. The molecule has 2 aliphatic rings. The third kappa shape index (κ3) is 4.98. The van der Waals surface area contributed by atoms with Crippen molar-refractivity contribution in [2.75, 3.05) is 26.2 Å². The van der Waals surface area contributed by atoms with Gasteiger partial charge in [0.05, 0.1) is 0 Å². The van der Waals surface area contributed by atoms with E-state index in [1.54, 1.807) is 6.08 Å². The van der Waals surface area contributed by atoms with E-state index in [0.29, 0.717) is 19.0 Å². The lowest BCUT2D eigenvalue weighted by atomic mass is 9.95. The highest BCUT2D eigenvalue weighted by Crippen LogP contribution is 2.24. The molecule has 5 heteroatoms. The van der Waals surface area contributed by atoms with E-state index >= 15 is 0 Å². The van der Waals surface area contributed by atoms with Crippen LogP contribution in [0.3, 0.4) is 0 Å². The van der Waals surface area contributed by atoms with Crippen LogP contribution in [0, 0.1) is 19.8 Å². The van der Waals surface area contributed by atoms with Gasteiger partial charge in [-0.15, -0.1) is 0 Å². The number of carbonyl (C=O) groups excluding carboxylic acids is 2. The fourth-order valence-electron chi connectivity index (χ4n) is 5.09. The second kappa shape index (κ2) is 10.2. The molecule has 5 nitrogen and oxygen atoms in total. The van der Waals surface area contributed by atoms with Gasteiger partial charge in [-0.1, -0.05) is 31.0 Å². The van der Waals surface area contributed by atoms with Crippen LogP contribution in [0.4, 0.5) is 0 Å². The molecule has 0 aliphatic carbocycles. The van der Waals surface area contributed by atoms with E-state index in [1.807, 2.05) is 29.2 Å². The molecule has 2 saturated heterocycles. The maximum Gasteiger partial charge on any atom is 0.246 e. The Bertz CT molecular complexity index is 960. The number of benzene rings is 1. The number of hydrogen-bond acceptors (Lipinski definition) is 2. The largest absolute Gasteiger partial charge is 0.342 e. The minimum Gasteiger partial charge on any atom is -0.342 e. The summed E-state index contributed by atoms with van der Waals surface area (Å²) >= 11 is 0. The number of piperidine rings is 1. The molecule has 0 atom stereocenters. The fraction of sp³-hybridized carbons (Fsp3) is 0.481. The molecule has 0 bridgehead atoms. The molecule has 0 unspecified atom stereocenters. The molecule has 0 radical (unpaired) electrons. The fourth-order valence-corrected chi connectivity index (χ4v) is 5.09. The molecular weight excluding hydrogens is 398 g/mol. The smallest absolute Gasteiger partial charge is 0.246 e. The van der Waals surface area contributed by atoms with Gasteiger partial charge in [-0.3, -0.25) is 9.59 Å². The van der Waals surface area contributed by atoms with Crippen molar-refractivity contribution < 1.29 is 9.59 Å². The van der Waals surface area contributed by atoms with Crippen LogP contribution in [0.15, 0.2) is 42.5 Å². The maximum atomic E-state index is 12.9. The van der Waals surface area contributed by atoms with Gasteiger partial charge in [0.15, 0.2) is 0 Å². The predicted molar refractivity (Wildman–Crippen MR) is 129 cm³/mol. The van der Waals surface area contributed by atoms with Gasteiger partial charge in [-0.05, 0) is 69.4 Å². The van der Waals surface area contributed by atoms with Gasteiger partial charge in [-0.25, -0.2) is 0 Å². The highest BCUT2D eigenvalue weighted by atomic mass is 16.2. The summed E-state index contributed by atoms with van der Waals surface area (Å²) in [4.78, 5) is 29.6. The van der Waals surface area contributed by atoms with Crippen LogP contribution in [0.1, 0.15) is 55.5 Å². The van der Waals surface area contributed by atoms with Crippen LogP contribution in [0.25, 0.3) is 11.8 Å². The van der Waals surface area contributed by atoms with Crippen LogP contribution >= 0.6 is 0 Å². The molecule has 3 heterocycles. The van der Waals surface area contributed by atoms with Crippen molar-refractivity contribution in [3.8, 4) is 5.69 Å². The van der Waals surface area contributed by atoms with E-state index in [2.05, 4.69) is 41.5 Å². The molecular formula is C27H35N3O2. The van der Waals surface area contributed by atoms with Gasteiger partial charge in [0.1, 0.15) is 0 Å². The third-order valence-electron chi connectivity index (χ3n) is 6.96. The average molecular weight is 434 g/mol. The second-order valence-electron chi connectivity index (χ2n) is 9.17. The topological polar surface area (TPSA) is 45.6 Å². The van der Waals surface area contributed by atoms with Crippen molar-refractivity contribution in [1.29, 1.82) is 0 Å². The Morgan fingerprint density at radius 1 is 0.875 bits per heavy atom. The summed E-state index contributed by atoms with van der Waals surface area (Å²) in [6.07, 6.45) is 9.88. The van der Waals surface area contributed by atoms with Crippen molar-refractivity contribution in [2.45, 2.75) is 52.4 Å². The third-order valence-corrected chi connectivity index (χ3v) is 6.96. The molecule has 0 spiro atoms. The summed E-state index contributed by atoms with van der Waals surface area (Å²) in [7, 11) is 0. The number of amides is 2.